The fourth-order valence-corrected chi connectivity index (χ4v) is 4.28. The molecule has 0 aliphatic heterocycles. The van der Waals surface area contributed by atoms with Gasteiger partial charge in [0.15, 0.2) is 0 Å². The van der Waals surface area contributed by atoms with Gasteiger partial charge < -0.3 is 10.6 Å². The highest BCUT2D eigenvalue weighted by atomic mass is 32.1. The van der Waals surface area contributed by atoms with Gasteiger partial charge in [-0.15, -0.1) is 11.3 Å². The zero-order chi connectivity index (χ0) is 14.7. The lowest BCUT2D eigenvalue weighted by Gasteiger charge is -2.35. The van der Waals surface area contributed by atoms with Crippen LogP contribution in [-0.4, -0.2) is 29.1 Å². The maximum absolute atomic E-state index is 5.74. The summed E-state index contributed by atoms with van der Waals surface area (Å²) in [6, 6.07) is 0.616. The van der Waals surface area contributed by atoms with E-state index >= 15 is 0 Å². The van der Waals surface area contributed by atoms with Crippen LogP contribution >= 0.6 is 11.3 Å². The van der Waals surface area contributed by atoms with Crippen molar-refractivity contribution in [2.75, 3.05) is 18.0 Å². The van der Waals surface area contributed by atoms with E-state index < -0.39 is 0 Å². The van der Waals surface area contributed by atoms with Crippen molar-refractivity contribution in [2.24, 2.45) is 5.73 Å². The molecule has 0 spiro atoms. The first-order valence-corrected chi connectivity index (χ1v) is 8.84. The summed E-state index contributed by atoms with van der Waals surface area (Å²) < 4.78 is 1.23. The predicted molar refractivity (Wildman–Crippen MR) is 90.0 cm³/mol. The molecule has 1 aliphatic carbocycles. The van der Waals surface area contributed by atoms with Crippen molar-refractivity contribution in [1.82, 2.24) is 9.97 Å². The van der Waals surface area contributed by atoms with E-state index in [0.717, 1.165) is 30.8 Å². The summed E-state index contributed by atoms with van der Waals surface area (Å²) in [5, 5.41) is 2.19. The number of nitrogens with zero attached hydrogens (tertiary/aromatic N) is 3. The molecule has 0 unspecified atom stereocenters. The fraction of sp³-hybridized carbons (Fsp3) is 0.625. The Morgan fingerprint density at radius 2 is 2.10 bits per heavy atom. The smallest absolute Gasteiger partial charge is 0.150 e. The van der Waals surface area contributed by atoms with Gasteiger partial charge in [0, 0.05) is 12.6 Å². The maximum atomic E-state index is 5.74. The van der Waals surface area contributed by atoms with Gasteiger partial charge in [-0.1, -0.05) is 19.3 Å². The zero-order valence-corrected chi connectivity index (χ0v) is 13.5. The molecular weight excluding hydrogens is 280 g/mol. The van der Waals surface area contributed by atoms with Gasteiger partial charge in [-0.05, 0) is 43.7 Å². The quantitative estimate of drug-likeness (QED) is 0.918. The monoisotopic (exact) mass is 304 g/mol. The number of aromatic nitrogens is 2. The van der Waals surface area contributed by atoms with Crippen LogP contribution in [0.4, 0.5) is 5.82 Å². The number of hydrogen-bond donors (Lipinski definition) is 1. The standard InChI is InChI=1S/C16H24N4S/c1-12-10-21-15-14(12)18-11-19-16(15)20(9-5-8-17)13-6-3-2-4-7-13/h10-11,13H,2-9,17H2,1H3. The summed E-state index contributed by atoms with van der Waals surface area (Å²) in [5.41, 5.74) is 8.11. The molecule has 2 N–H and O–H groups in total. The molecule has 21 heavy (non-hydrogen) atoms. The Kier molecular flexibility index (Phi) is 4.70. The summed E-state index contributed by atoms with van der Waals surface area (Å²) >= 11 is 1.77. The van der Waals surface area contributed by atoms with Gasteiger partial charge in [0.05, 0.1) is 10.2 Å². The lowest BCUT2D eigenvalue weighted by molar-refractivity contribution is 0.412. The molecule has 3 rings (SSSR count). The van der Waals surface area contributed by atoms with Crippen LogP contribution in [-0.2, 0) is 0 Å². The fourth-order valence-electron chi connectivity index (χ4n) is 3.28. The zero-order valence-electron chi connectivity index (χ0n) is 12.7. The average Bonchev–Trinajstić information content (AvgIpc) is 2.91. The molecule has 5 heteroatoms. The molecule has 4 nitrogen and oxygen atoms in total. The third-order valence-electron chi connectivity index (χ3n) is 4.40. The number of aryl methyl sites for hydroxylation is 1. The van der Waals surface area contributed by atoms with Crippen LogP contribution < -0.4 is 10.6 Å². The molecule has 0 radical (unpaired) electrons. The Balaban J connectivity index is 1.96. The highest BCUT2D eigenvalue weighted by molar-refractivity contribution is 7.18. The van der Waals surface area contributed by atoms with Gasteiger partial charge >= 0.3 is 0 Å². The van der Waals surface area contributed by atoms with Crippen molar-refractivity contribution in [3.63, 3.8) is 0 Å². The van der Waals surface area contributed by atoms with E-state index in [1.165, 1.54) is 42.4 Å². The van der Waals surface area contributed by atoms with Gasteiger partial charge in [0.1, 0.15) is 12.1 Å². The second kappa shape index (κ2) is 6.71. The van der Waals surface area contributed by atoms with Crippen molar-refractivity contribution in [3.8, 4) is 0 Å². The highest BCUT2D eigenvalue weighted by Gasteiger charge is 2.24. The van der Waals surface area contributed by atoms with E-state index in [2.05, 4.69) is 27.2 Å². The van der Waals surface area contributed by atoms with E-state index in [1.807, 2.05) is 0 Å². The van der Waals surface area contributed by atoms with E-state index in [1.54, 1.807) is 17.7 Å². The van der Waals surface area contributed by atoms with Crippen LogP contribution in [0.25, 0.3) is 10.2 Å². The third-order valence-corrected chi connectivity index (χ3v) is 5.49. The number of thiophene rings is 1. The Morgan fingerprint density at radius 3 is 2.86 bits per heavy atom. The molecule has 1 aliphatic rings. The Labute approximate surface area is 130 Å². The molecule has 0 amide bonds. The second-order valence-corrected chi connectivity index (χ2v) is 6.80. The molecule has 2 aromatic heterocycles. The maximum Gasteiger partial charge on any atom is 0.150 e. The SMILES string of the molecule is Cc1csc2c(N(CCCN)C3CCCCC3)ncnc12. The molecule has 114 valence electrons. The summed E-state index contributed by atoms with van der Waals surface area (Å²) in [4.78, 5) is 11.6. The van der Waals surface area contributed by atoms with Gasteiger partial charge in [-0.2, -0.15) is 0 Å². The normalized spacial score (nSPS) is 16.5. The number of rotatable bonds is 5. The van der Waals surface area contributed by atoms with Crippen molar-refractivity contribution in [2.45, 2.75) is 51.5 Å². The highest BCUT2D eigenvalue weighted by Crippen LogP contribution is 2.34. The Hall–Kier alpha value is -1.20. The molecule has 0 atom stereocenters. The van der Waals surface area contributed by atoms with Crippen molar-refractivity contribution < 1.29 is 0 Å². The minimum Gasteiger partial charge on any atom is -0.352 e. The van der Waals surface area contributed by atoms with Crippen LogP contribution in [0, 0.1) is 6.92 Å². The van der Waals surface area contributed by atoms with Crippen molar-refractivity contribution in [3.05, 3.63) is 17.3 Å². The summed E-state index contributed by atoms with van der Waals surface area (Å²) in [5.74, 6) is 1.12. The summed E-state index contributed by atoms with van der Waals surface area (Å²) in [6.45, 7) is 3.87. The molecule has 1 saturated carbocycles. The predicted octanol–water partition coefficient (Wildman–Crippen LogP) is 3.49. The average molecular weight is 304 g/mol. The van der Waals surface area contributed by atoms with Gasteiger partial charge in [-0.3, -0.25) is 0 Å². The van der Waals surface area contributed by atoms with E-state index in [-0.39, 0.29) is 0 Å². The van der Waals surface area contributed by atoms with E-state index in [4.69, 9.17) is 5.73 Å². The second-order valence-electron chi connectivity index (χ2n) is 5.92. The molecule has 0 saturated heterocycles. The number of fused-ring (bicyclic) bond motifs is 1. The number of anilines is 1. The van der Waals surface area contributed by atoms with Crippen molar-refractivity contribution in [1.29, 1.82) is 0 Å². The minimum absolute atomic E-state index is 0.616. The van der Waals surface area contributed by atoms with E-state index in [9.17, 15) is 0 Å². The molecule has 2 aromatic rings. The summed E-state index contributed by atoms with van der Waals surface area (Å²) in [6.07, 6.45) is 9.34. The Bertz CT molecular complexity index is 589. The van der Waals surface area contributed by atoms with Crippen LogP contribution in [0.5, 0.6) is 0 Å². The van der Waals surface area contributed by atoms with Crippen LogP contribution in [0.1, 0.15) is 44.1 Å². The van der Waals surface area contributed by atoms with Crippen molar-refractivity contribution >= 4 is 27.4 Å². The first-order valence-electron chi connectivity index (χ1n) is 7.96. The summed E-state index contributed by atoms with van der Waals surface area (Å²) in [7, 11) is 0. The van der Waals surface area contributed by atoms with E-state index in [0.29, 0.717) is 6.04 Å². The lowest BCUT2D eigenvalue weighted by Crippen LogP contribution is -2.39. The number of nitrogens with two attached hydrogens (primary N) is 1. The first kappa shape index (κ1) is 14.7. The largest absolute Gasteiger partial charge is 0.352 e. The third kappa shape index (κ3) is 3.04. The molecule has 2 heterocycles. The Morgan fingerprint density at radius 1 is 1.29 bits per heavy atom. The minimum atomic E-state index is 0.616. The van der Waals surface area contributed by atoms with Gasteiger partial charge in [-0.25, -0.2) is 9.97 Å². The number of hydrogen-bond acceptors (Lipinski definition) is 5. The first-order chi connectivity index (χ1) is 10.3. The molecule has 1 fully saturated rings. The molecular formula is C16H24N4S. The van der Waals surface area contributed by atoms with Crippen LogP contribution in [0.2, 0.25) is 0 Å². The van der Waals surface area contributed by atoms with Crippen LogP contribution in [0.15, 0.2) is 11.7 Å². The van der Waals surface area contributed by atoms with Crippen LogP contribution in [0.3, 0.4) is 0 Å². The van der Waals surface area contributed by atoms with Gasteiger partial charge in [0.2, 0.25) is 0 Å². The topological polar surface area (TPSA) is 55.0 Å². The molecule has 0 bridgehead atoms. The van der Waals surface area contributed by atoms with Gasteiger partial charge in [0.25, 0.3) is 0 Å². The lowest BCUT2D eigenvalue weighted by atomic mass is 9.94. The molecule has 0 aromatic carbocycles.